The Bertz CT molecular complexity index is 423. The van der Waals surface area contributed by atoms with Crippen molar-refractivity contribution in [3.63, 3.8) is 0 Å². The highest BCUT2D eigenvalue weighted by molar-refractivity contribution is 4.83. The van der Waals surface area contributed by atoms with E-state index >= 15 is 0 Å². The second-order valence-corrected chi connectivity index (χ2v) is 5.29. The molecule has 1 aromatic rings. The van der Waals surface area contributed by atoms with Crippen LogP contribution in [0.4, 0.5) is 0 Å². The van der Waals surface area contributed by atoms with Crippen molar-refractivity contribution in [2.45, 2.75) is 51.6 Å². The van der Waals surface area contributed by atoms with E-state index in [0.29, 0.717) is 12.0 Å². The van der Waals surface area contributed by atoms with Crippen molar-refractivity contribution in [3.05, 3.63) is 16.8 Å². The minimum absolute atomic E-state index is 0.00827. The van der Waals surface area contributed by atoms with Crippen LogP contribution in [-0.2, 0) is 13.6 Å². The quantitative estimate of drug-likeness (QED) is 0.826. The van der Waals surface area contributed by atoms with Gasteiger partial charge in [-0.15, -0.1) is 0 Å². The average molecular weight is 252 g/mol. The summed E-state index contributed by atoms with van der Waals surface area (Å²) in [5.41, 5.74) is -0.00827. The lowest BCUT2D eigenvalue weighted by molar-refractivity contribution is 0.351. The van der Waals surface area contributed by atoms with Crippen LogP contribution in [0.15, 0.2) is 11.1 Å². The van der Waals surface area contributed by atoms with Gasteiger partial charge < -0.3 is 5.32 Å². The van der Waals surface area contributed by atoms with Crippen molar-refractivity contribution in [1.29, 1.82) is 0 Å². The molecule has 1 aromatic heterocycles. The first-order valence-electron chi connectivity index (χ1n) is 7.04. The molecule has 5 nitrogen and oxygen atoms in total. The second-order valence-electron chi connectivity index (χ2n) is 5.29. The van der Waals surface area contributed by atoms with E-state index in [4.69, 9.17) is 0 Å². The minimum atomic E-state index is -0.00827. The highest BCUT2D eigenvalue weighted by Crippen LogP contribution is 2.28. The average Bonchev–Trinajstić information content (AvgIpc) is 2.94. The number of aromatic nitrogens is 3. The maximum Gasteiger partial charge on any atom is 0.345 e. The van der Waals surface area contributed by atoms with E-state index in [-0.39, 0.29) is 5.69 Å². The topological polar surface area (TPSA) is 51.9 Å². The Morgan fingerprint density at radius 2 is 2.33 bits per heavy atom. The summed E-state index contributed by atoms with van der Waals surface area (Å²) in [7, 11) is 1.74. The largest absolute Gasteiger partial charge is 0.345 e. The van der Waals surface area contributed by atoms with E-state index in [9.17, 15) is 4.79 Å². The Balaban J connectivity index is 1.85. The first-order valence-corrected chi connectivity index (χ1v) is 7.04. The molecule has 0 bridgehead atoms. The van der Waals surface area contributed by atoms with Gasteiger partial charge in [-0.3, -0.25) is 4.57 Å². The van der Waals surface area contributed by atoms with E-state index in [2.05, 4.69) is 17.3 Å². The molecule has 0 radical (unpaired) electrons. The maximum atomic E-state index is 11.7. The molecule has 0 aromatic carbocycles. The highest BCUT2D eigenvalue weighted by Gasteiger charge is 2.26. The zero-order chi connectivity index (χ0) is 13.0. The third-order valence-electron chi connectivity index (χ3n) is 3.91. The third kappa shape index (κ3) is 3.02. The molecule has 1 aliphatic rings. The monoisotopic (exact) mass is 252 g/mol. The lowest BCUT2D eigenvalue weighted by Gasteiger charge is -2.20. The molecule has 102 valence electrons. The van der Waals surface area contributed by atoms with Crippen molar-refractivity contribution >= 4 is 0 Å². The van der Waals surface area contributed by atoms with E-state index in [1.165, 1.54) is 30.3 Å². The first-order chi connectivity index (χ1) is 8.72. The van der Waals surface area contributed by atoms with Crippen molar-refractivity contribution in [2.75, 3.05) is 6.54 Å². The van der Waals surface area contributed by atoms with Crippen molar-refractivity contribution < 1.29 is 0 Å². The molecule has 2 rings (SSSR count). The van der Waals surface area contributed by atoms with Gasteiger partial charge in [0.05, 0.1) is 0 Å². The van der Waals surface area contributed by atoms with Crippen LogP contribution in [0.1, 0.15) is 39.0 Å². The molecule has 0 spiro atoms. The molecule has 0 saturated heterocycles. The molecule has 2 atom stereocenters. The van der Waals surface area contributed by atoms with E-state index in [1.807, 2.05) is 0 Å². The SMILES string of the molecule is CCCNC1CCCC1CCn1ncn(C)c1=O. The number of aryl methyl sites for hydroxylation is 2. The van der Waals surface area contributed by atoms with Gasteiger partial charge in [0.15, 0.2) is 0 Å². The molecule has 1 aliphatic carbocycles. The second kappa shape index (κ2) is 6.18. The van der Waals surface area contributed by atoms with Gasteiger partial charge in [0.1, 0.15) is 6.33 Å². The van der Waals surface area contributed by atoms with Crippen LogP contribution < -0.4 is 11.0 Å². The highest BCUT2D eigenvalue weighted by atomic mass is 16.2. The van der Waals surface area contributed by atoms with Gasteiger partial charge >= 0.3 is 5.69 Å². The summed E-state index contributed by atoms with van der Waals surface area (Å²) in [5.74, 6) is 0.699. The molecule has 0 aliphatic heterocycles. The van der Waals surface area contributed by atoms with Crippen molar-refractivity contribution in [1.82, 2.24) is 19.7 Å². The molecule has 0 amide bonds. The van der Waals surface area contributed by atoms with Crippen LogP contribution in [0, 0.1) is 5.92 Å². The summed E-state index contributed by atoms with van der Waals surface area (Å²) in [6, 6.07) is 0.643. The molecule has 18 heavy (non-hydrogen) atoms. The standard InChI is InChI=1S/C13H24N4O/c1-3-8-14-12-6-4-5-11(12)7-9-17-13(18)16(2)10-15-17/h10-12,14H,3-9H2,1-2H3. The van der Waals surface area contributed by atoms with E-state index in [1.54, 1.807) is 18.1 Å². The molecule has 5 heteroatoms. The summed E-state index contributed by atoms with van der Waals surface area (Å²) in [6.07, 6.45) is 7.69. The van der Waals surface area contributed by atoms with Crippen LogP contribution >= 0.6 is 0 Å². The smallest absolute Gasteiger partial charge is 0.314 e. The Kier molecular flexibility index (Phi) is 4.58. The number of rotatable bonds is 6. The molecule has 1 heterocycles. The molecular weight excluding hydrogens is 228 g/mol. The van der Waals surface area contributed by atoms with E-state index in [0.717, 1.165) is 19.5 Å². The Labute approximate surface area is 108 Å². The minimum Gasteiger partial charge on any atom is -0.314 e. The number of nitrogens with one attached hydrogen (secondary N) is 1. The normalized spacial score (nSPS) is 23.7. The molecule has 1 N–H and O–H groups in total. The summed E-state index contributed by atoms with van der Waals surface area (Å²) < 4.78 is 3.11. The lowest BCUT2D eigenvalue weighted by Crippen LogP contribution is -2.34. The van der Waals surface area contributed by atoms with Gasteiger partial charge in [-0.05, 0) is 38.1 Å². The molecular formula is C13H24N4O. The fourth-order valence-corrected chi connectivity index (χ4v) is 2.84. The Morgan fingerprint density at radius 1 is 1.50 bits per heavy atom. The number of nitrogens with zero attached hydrogens (tertiary/aromatic N) is 3. The first kappa shape index (κ1) is 13.3. The van der Waals surface area contributed by atoms with Gasteiger partial charge in [0.25, 0.3) is 0 Å². The predicted molar refractivity (Wildman–Crippen MR) is 71.5 cm³/mol. The number of hydrogen-bond acceptors (Lipinski definition) is 3. The molecule has 1 saturated carbocycles. The van der Waals surface area contributed by atoms with Crippen LogP contribution in [-0.4, -0.2) is 26.9 Å². The fraction of sp³-hybridized carbons (Fsp3) is 0.846. The van der Waals surface area contributed by atoms with Gasteiger partial charge in [-0.1, -0.05) is 13.3 Å². The zero-order valence-corrected chi connectivity index (χ0v) is 11.4. The fourth-order valence-electron chi connectivity index (χ4n) is 2.84. The molecule has 1 fully saturated rings. The lowest BCUT2D eigenvalue weighted by atomic mass is 9.99. The van der Waals surface area contributed by atoms with Gasteiger partial charge in [0, 0.05) is 19.6 Å². The zero-order valence-electron chi connectivity index (χ0n) is 11.4. The van der Waals surface area contributed by atoms with Gasteiger partial charge in [0.2, 0.25) is 0 Å². The van der Waals surface area contributed by atoms with Crippen LogP contribution in [0.25, 0.3) is 0 Å². The van der Waals surface area contributed by atoms with Crippen LogP contribution in [0.2, 0.25) is 0 Å². The van der Waals surface area contributed by atoms with Crippen molar-refractivity contribution in [2.24, 2.45) is 13.0 Å². The summed E-state index contributed by atoms with van der Waals surface area (Å²) >= 11 is 0. The summed E-state index contributed by atoms with van der Waals surface area (Å²) in [5, 5.41) is 7.73. The summed E-state index contributed by atoms with van der Waals surface area (Å²) in [4.78, 5) is 11.7. The Morgan fingerprint density at radius 3 is 3.00 bits per heavy atom. The Hall–Kier alpha value is -1.10. The maximum absolute atomic E-state index is 11.7. The van der Waals surface area contributed by atoms with E-state index < -0.39 is 0 Å². The van der Waals surface area contributed by atoms with Crippen molar-refractivity contribution in [3.8, 4) is 0 Å². The summed E-state index contributed by atoms with van der Waals surface area (Å²) in [6.45, 7) is 4.05. The predicted octanol–water partition coefficient (Wildman–Crippen LogP) is 1.14. The van der Waals surface area contributed by atoms with Crippen LogP contribution in [0.5, 0.6) is 0 Å². The van der Waals surface area contributed by atoms with Gasteiger partial charge in [-0.25, -0.2) is 9.48 Å². The third-order valence-corrected chi connectivity index (χ3v) is 3.91. The van der Waals surface area contributed by atoms with Gasteiger partial charge in [-0.2, -0.15) is 5.10 Å². The number of hydrogen-bond donors (Lipinski definition) is 1. The molecule has 2 unspecified atom stereocenters. The van der Waals surface area contributed by atoms with Crippen LogP contribution in [0.3, 0.4) is 0 Å².